The first-order valence-corrected chi connectivity index (χ1v) is 6.46. The summed E-state index contributed by atoms with van der Waals surface area (Å²) >= 11 is 0. The van der Waals surface area contributed by atoms with Crippen LogP contribution in [0.25, 0.3) is 0 Å². The molecule has 0 spiro atoms. The Labute approximate surface area is 96.8 Å². The van der Waals surface area contributed by atoms with E-state index in [-0.39, 0.29) is 24.0 Å². The molecule has 0 bridgehead atoms. The molecule has 1 saturated heterocycles. The van der Waals surface area contributed by atoms with Crippen LogP contribution in [-0.4, -0.2) is 36.2 Å². The predicted molar refractivity (Wildman–Crippen MR) is 62.0 cm³/mol. The normalized spacial score (nSPS) is 34.9. The van der Waals surface area contributed by atoms with Crippen molar-refractivity contribution < 1.29 is 9.90 Å². The molecule has 3 atom stereocenters. The lowest BCUT2D eigenvalue weighted by molar-refractivity contribution is -0.123. The van der Waals surface area contributed by atoms with E-state index in [9.17, 15) is 9.90 Å². The van der Waals surface area contributed by atoms with Gasteiger partial charge in [0.2, 0.25) is 5.91 Å². The summed E-state index contributed by atoms with van der Waals surface area (Å²) in [6.07, 6.45) is 6.06. The van der Waals surface area contributed by atoms with Crippen LogP contribution in [0.3, 0.4) is 0 Å². The van der Waals surface area contributed by atoms with Gasteiger partial charge in [-0.1, -0.05) is 12.8 Å². The van der Waals surface area contributed by atoms with Crippen LogP contribution < -0.4 is 10.6 Å². The van der Waals surface area contributed by atoms with Crippen LogP contribution >= 0.6 is 0 Å². The average molecular weight is 226 g/mol. The number of hydrogen-bond donors (Lipinski definition) is 3. The first-order valence-electron chi connectivity index (χ1n) is 6.46. The third kappa shape index (κ3) is 2.95. The maximum atomic E-state index is 11.8. The van der Waals surface area contributed by atoms with E-state index in [4.69, 9.17) is 0 Å². The van der Waals surface area contributed by atoms with E-state index in [0.29, 0.717) is 6.54 Å². The lowest BCUT2D eigenvalue weighted by Gasteiger charge is -2.23. The first-order chi connectivity index (χ1) is 7.77. The van der Waals surface area contributed by atoms with E-state index in [2.05, 4.69) is 10.6 Å². The number of piperidine rings is 1. The van der Waals surface area contributed by atoms with Crippen LogP contribution in [0.1, 0.15) is 38.5 Å². The van der Waals surface area contributed by atoms with Crippen molar-refractivity contribution in [3.05, 3.63) is 0 Å². The molecule has 0 aromatic carbocycles. The highest BCUT2D eigenvalue weighted by atomic mass is 16.3. The molecule has 4 nitrogen and oxygen atoms in total. The Kier molecular flexibility index (Phi) is 4.18. The van der Waals surface area contributed by atoms with Crippen molar-refractivity contribution in [2.45, 2.75) is 50.7 Å². The SMILES string of the molecule is O=C(NCC1CCCC1O)[C@H]1CCCCN1. The Morgan fingerprint density at radius 1 is 1.25 bits per heavy atom. The molecule has 2 fully saturated rings. The highest BCUT2D eigenvalue weighted by Crippen LogP contribution is 2.24. The van der Waals surface area contributed by atoms with Crippen molar-refractivity contribution in [1.29, 1.82) is 0 Å². The van der Waals surface area contributed by atoms with Gasteiger partial charge in [0.15, 0.2) is 0 Å². The molecule has 16 heavy (non-hydrogen) atoms. The fraction of sp³-hybridized carbons (Fsp3) is 0.917. The van der Waals surface area contributed by atoms with Gasteiger partial charge in [0.25, 0.3) is 0 Å². The number of aliphatic hydroxyl groups is 1. The largest absolute Gasteiger partial charge is 0.393 e. The first kappa shape index (κ1) is 11.9. The molecule has 3 N–H and O–H groups in total. The van der Waals surface area contributed by atoms with Gasteiger partial charge in [-0.3, -0.25) is 4.79 Å². The Morgan fingerprint density at radius 2 is 2.12 bits per heavy atom. The van der Waals surface area contributed by atoms with Crippen LogP contribution in [0.4, 0.5) is 0 Å². The number of carbonyl (C=O) groups excluding carboxylic acids is 1. The highest BCUT2D eigenvalue weighted by molar-refractivity contribution is 5.81. The Bertz CT molecular complexity index is 239. The molecule has 92 valence electrons. The molecule has 2 unspecified atom stereocenters. The summed E-state index contributed by atoms with van der Waals surface area (Å²) in [5.41, 5.74) is 0. The third-order valence-corrected chi connectivity index (χ3v) is 3.78. The summed E-state index contributed by atoms with van der Waals surface area (Å²) in [6.45, 7) is 1.59. The molecular weight excluding hydrogens is 204 g/mol. The topological polar surface area (TPSA) is 61.4 Å². The quantitative estimate of drug-likeness (QED) is 0.653. The second-order valence-electron chi connectivity index (χ2n) is 5.01. The van der Waals surface area contributed by atoms with Gasteiger partial charge in [-0.25, -0.2) is 0 Å². The molecule has 1 aliphatic heterocycles. The van der Waals surface area contributed by atoms with Crippen LogP contribution in [0, 0.1) is 5.92 Å². The van der Waals surface area contributed by atoms with E-state index >= 15 is 0 Å². The molecular formula is C12H22N2O2. The van der Waals surface area contributed by atoms with Crippen molar-refractivity contribution in [3.8, 4) is 0 Å². The summed E-state index contributed by atoms with van der Waals surface area (Å²) in [6, 6.07) is -0.00713. The fourth-order valence-electron chi connectivity index (χ4n) is 2.69. The van der Waals surface area contributed by atoms with Crippen LogP contribution in [0.15, 0.2) is 0 Å². The van der Waals surface area contributed by atoms with Gasteiger partial charge in [0, 0.05) is 12.5 Å². The Hall–Kier alpha value is -0.610. The molecule has 2 rings (SSSR count). The summed E-state index contributed by atoms with van der Waals surface area (Å²) in [5, 5.41) is 15.8. The minimum absolute atomic E-state index is 0.00713. The molecule has 1 saturated carbocycles. The van der Waals surface area contributed by atoms with Gasteiger partial charge in [0.05, 0.1) is 12.1 Å². The second-order valence-corrected chi connectivity index (χ2v) is 5.01. The summed E-state index contributed by atoms with van der Waals surface area (Å²) < 4.78 is 0. The number of carbonyl (C=O) groups is 1. The summed E-state index contributed by atoms with van der Waals surface area (Å²) in [5.74, 6) is 0.381. The molecule has 0 radical (unpaired) electrons. The minimum atomic E-state index is -0.209. The monoisotopic (exact) mass is 226 g/mol. The Balaban J connectivity index is 1.70. The van der Waals surface area contributed by atoms with Gasteiger partial charge in [0.1, 0.15) is 0 Å². The molecule has 0 aromatic rings. The Morgan fingerprint density at radius 3 is 2.75 bits per heavy atom. The number of rotatable bonds is 3. The van der Waals surface area contributed by atoms with E-state index in [1.54, 1.807) is 0 Å². The van der Waals surface area contributed by atoms with Gasteiger partial charge in [-0.15, -0.1) is 0 Å². The fourth-order valence-corrected chi connectivity index (χ4v) is 2.69. The van der Waals surface area contributed by atoms with E-state index in [1.165, 1.54) is 6.42 Å². The third-order valence-electron chi connectivity index (χ3n) is 3.78. The van der Waals surface area contributed by atoms with Crippen LogP contribution in [0.5, 0.6) is 0 Å². The van der Waals surface area contributed by atoms with Crippen LogP contribution in [-0.2, 0) is 4.79 Å². The standard InChI is InChI=1S/C12H22N2O2/c15-11-6-3-4-9(11)8-14-12(16)10-5-1-2-7-13-10/h9-11,13,15H,1-8H2,(H,14,16)/t9?,10-,11?/m1/s1. The number of aliphatic hydroxyl groups excluding tert-OH is 1. The van der Waals surface area contributed by atoms with Gasteiger partial charge in [-0.2, -0.15) is 0 Å². The second kappa shape index (κ2) is 5.64. The molecule has 4 heteroatoms. The maximum Gasteiger partial charge on any atom is 0.237 e. The van der Waals surface area contributed by atoms with Crippen molar-refractivity contribution in [2.24, 2.45) is 5.92 Å². The number of hydrogen-bond acceptors (Lipinski definition) is 3. The van der Waals surface area contributed by atoms with Gasteiger partial charge < -0.3 is 15.7 Å². The molecule has 1 amide bonds. The zero-order chi connectivity index (χ0) is 11.4. The summed E-state index contributed by atoms with van der Waals surface area (Å²) in [7, 11) is 0. The smallest absolute Gasteiger partial charge is 0.237 e. The molecule has 2 aliphatic rings. The molecule has 1 aliphatic carbocycles. The van der Waals surface area contributed by atoms with Crippen molar-refractivity contribution in [1.82, 2.24) is 10.6 Å². The number of nitrogens with one attached hydrogen (secondary N) is 2. The molecule has 0 aromatic heterocycles. The van der Waals surface area contributed by atoms with E-state index in [0.717, 1.165) is 38.6 Å². The summed E-state index contributed by atoms with van der Waals surface area (Å²) in [4.78, 5) is 11.8. The zero-order valence-corrected chi connectivity index (χ0v) is 9.74. The van der Waals surface area contributed by atoms with E-state index < -0.39 is 0 Å². The highest BCUT2D eigenvalue weighted by Gasteiger charge is 2.27. The number of amides is 1. The minimum Gasteiger partial charge on any atom is -0.393 e. The average Bonchev–Trinajstić information content (AvgIpc) is 2.73. The van der Waals surface area contributed by atoms with E-state index in [1.807, 2.05) is 0 Å². The predicted octanol–water partition coefficient (Wildman–Crippen LogP) is 0.406. The molecule has 1 heterocycles. The van der Waals surface area contributed by atoms with Gasteiger partial charge in [-0.05, 0) is 32.2 Å². The van der Waals surface area contributed by atoms with Gasteiger partial charge >= 0.3 is 0 Å². The lowest BCUT2D eigenvalue weighted by Crippen LogP contribution is -2.48. The van der Waals surface area contributed by atoms with Crippen molar-refractivity contribution in [2.75, 3.05) is 13.1 Å². The zero-order valence-electron chi connectivity index (χ0n) is 9.74. The maximum absolute atomic E-state index is 11.8. The lowest BCUT2D eigenvalue weighted by atomic mass is 10.0. The van der Waals surface area contributed by atoms with Crippen molar-refractivity contribution >= 4 is 5.91 Å². The van der Waals surface area contributed by atoms with Crippen molar-refractivity contribution in [3.63, 3.8) is 0 Å². The van der Waals surface area contributed by atoms with Crippen LogP contribution in [0.2, 0.25) is 0 Å².